The average Bonchev–Trinajstić information content (AvgIpc) is 2.94. The van der Waals surface area contributed by atoms with Crippen molar-refractivity contribution in [3.05, 3.63) is 64.8 Å². The molecule has 208 valence electrons. The zero-order valence-electron chi connectivity index (χ0n) is 21.8. The number of rotatable bonds is 6. The summed E-state index contributed by atoms with van der Waals surface area (Å²) in [6, 6.07) is 8.77. The van der Waals surface area contributed by atoms with Gasteiger partial charge in [0.05, 0.1) is 16.3 Å². The van der Waals surface area contributed by atoms with Crippen LogP contribution in [0.4, 0.5) is 29.2 Å². The molecule has 0 saturated carbocycles. The van der Waals surface area contributed by atoms with Crippen molar-refractivity contribution in [1.29, 1.82) is 0 Å². The van der Waals surface area contributed by atoms with E-state index in [1.807, 2.05) is 6.07 Å². The second-order valence-corrected chi connectivity index (χ2v) is 10.5. The maximum absolute atomic E-state index is 13.9. The summed E-state index contributed by atoms with van der Waals surface area (Å²) in [7, 11) is 0. The third-order valence-electron chi connectivity index (χ3n) is 7.43. The van der Waals surface area contributed by atoms with E-state index < -0.39 is 17.6 Å². The lowest BCUT2D eigenvalue weighted by Crippen LogP contribution is -2.47. The molecule has 0 atom stereocenters. The minimum Gasteiger partial charge on any atom is -0.353 e. The second-order valence-electron chi connectivity index (χ2n) is 10.1. The van der Waals surface area contributed by atoms with Gasteiger partial charge in [0.1, 0.15) is 23.3 Å². The summed E-state index contributed by atoms with van der Waals surface area (Å²) < 4.78 is 54.6. The van der Waals surface area contributed by atoms with Gasteiger partial charge in [0.15, 0.2) is 0 Å². The Morgan fingerprint density at radius 3 is 2.33 bits per heavy atom. The number of hydrogen-bond acceptors (Lipinski definition) is 6. The van der Waals surface area contributed by atoms with Crippen LogP contribution in [-0.4, -0.2) is 65.7 Å². The highest BCUT2D eigenvalue weighted by Gasteiger charge is 2.36. The van der Waals surface area contributed by atoms with Crippen molar-refractivity contribution in [1.82, 2.24) is 19.9 Å². The summed E-state index contributed by atoms with van der Waals surface area (Å²) in [4.78, 5) is 20.1. The Morgan fingerprint density at radius 2 is 1.67 bits per heavy atom. The molecule has 0 amide bonds. The Balaban J connectivity index is 1.41. The number of anilines is 2. The number of nitrogens with zero attached hydrogens (tertiary/aromatic N) is 6. The molecule has 6 nitrogen and oxygen atoms in total. The lowest BCUT2D eigenvalue weighted by molar-refractivity contribution is -0.137. The molecule has 0 unspecified atom stereocenters. The van der Waals surface area contributed by atoms with Crippen LogP contribution in [0.15, 0.2) is 42.6 Å². The third-order valence-corrected chi connectivity index (χ3v) is 7.72. The first kappa shape index (κ1) is 27.6. The first-order valence-corrected chi connectivity index (χ1v) is 13.7. The molecule has 0 radical (unpaired) electrons. The van der Waals surface area contributed by atoms with Gasteiger partial charge in [-0.15, -0.1) is 0 Å². The molecule has 0 aliphatic carbocycles. The topological polar surface area (TPSA) is 48.4 Å². The minimum atomic E-state index is -4.47. The largest absolute Gasteiger partial charge is 0.419 e. The molecule has 2 aliphatic rings. The van der Waals surface area contributed by atoms with Gasteiger partial charge in [0.25, 0.3) is 0 Å². The monoisotopic (exact) mass is 562 g/mol. The highest BCUT2D eigenvalue weighted by molar-refractivity contribution is 6.31. The van der Waals surface area contributed by atoms with E-state index in [2.05, 4.69) is 21.7 Å². The van der Waals surface area contributed by atoms with Crippen molar-refractivity contribution in [2.45, 2.75) is 38.3 Å². The van der Waals surface area contributed by atoms with Gasteiger partial charge >= 0.3 is 6.18 Å². The van der Waals surface area contributed by atoms with Crippen molar-refractivity contribution in [3.8, 4) is 11.3 Å². The summed E-state index contributed by atoms with van der Waals surface area (Å²) in [6.07, 6.45) is -0.0809. The van der Waals surface area contributed by atoms with Crippen LogP contribution < -0.4 is 9.80 Å². The minimum absolute atomic E-state index is 0.0199. The molecule has 2 fully saturated rings. The molecule has 0 bridgehead atoms. The van der Waals surface area contributed by atoms with E-state index in [9.17, 15) is 17.6 Å². The molecular formula is C28H31ClF4N6. The van der Waals surface area contributed by atoms with Crippen LogP contribution in [-0.2, 0) is 6.18 Å². The SMILES string of the molecule is CCCN1CCC(c2nc(-c3ccc(F)c(Cl)c3)cc(N3CCN(c4ncccc4C(F)(F)F)CC3)n2)CC1. The number of piperazine rings is 1. The Hall–Kier alpha value is -2.98. The molecule has 2 saturated heterocycles. The van der Waals surface area contributed by atoms with Gasteiger partial charge in [-0.05, 0) is 69.2 Å². The smallest absolute Gasteiger partial charge is 0.353 e. The number of benzene rings is 1. The first-order valence-electron chi connectivity index (χ1n) is 13.3. The zero-order valence-corrected chi connectivity index (χ0v) is 22.5. The fourth-order valence-corrected chi connectivity index (χ4v) is 5.53. The highest BCUT2D eigenvalue weighted by Crippen LogP contribution is 2.36. The van der Waals surface area contributed by atoms with Crippen LogP contribution in [0.25, 0.3) is 11.3 Å². The van der Waals surface area contributed by atoms with Crippen LogP contribution in [0.2, 0.25) is 5.02 Å². The Kier molecular flexibility index (Phi) is 8.23. The van der Waals surface area contributed by atoms with E-state index in [-0.39, 0.29) is 16.8 Å². The summed E-state index contributed by atoms with van der Waals surface area (Å²) in [5.74, 6) is 1.10. The van der Waals surface area contributed by atoms with Gasteiger partial charge in [-0.1, -0.05) is 18.5 Å². The molecule has 0 spiro atoms. The summed E-state index contributed by atoms with van der Waals surface area (Å²) in [6.45, 7) is 6.90. The van der Waals surface area contributed by atoms with Gasteiger partial charge in [0.2, 0.25) is 0 Å². The van der Waals surface area contributed by atoms with Gasteiger partial charge < -0.3 is 14.7 Å². The van der Waals surface area contributed by atoms with Crippen LogP contribution in [0, 0.1) is 5.82 Å². The number of alkyl halides is 3. The predicted molar refractivity (Wildman–Crippen MR) is 145 cm³/mol. The fraction of sp³-hybridized carbons (Fsp3) is 0.464. The predicted octanol–water partition coefficient (Wildman–Crippen LogP) is 6.27. The molecule has 2 aliphatic heterocycles. The maximum Gasteiger partial charge on any atom is 0.419 e. The second kappa shape index (κ2) is 11.6. The number of hydrogen-bond donors (Lipinski definition) is 0. The van der Waals surface area contributed by atoms with Gasteiger partial charge in [-0.3, -0.25) is 0 Å². The number of halogens is 5. The van der Waals surface area contributed by atoms with E-state index in [0.29, 0.717) is 43.3 Å². The number of piperidine rings is 1. The first-order chi connectivity index (χ1) is 18.7. The maximum atomic E-state index is 13.9. The van der Waals surface area contributed by atoms with E-state index in [1.54, 1.807) is 17.0 Å². The van der Waals surface area contributed by atoms with Crippen LogP contribution in [0.3, 0.4) is 0 Å². The Bertz CT molecular complexity index is 1290. The molecule has 2 aromatic heterocycles. The summed E-state index contributed by atoms with van der Waals surface area (Å²) in [5.41, 5.74) is 0.615. The van der Waals surface area contributed by atoms with Gasteiger partial charge in [-0.25, -0.2) is 19.3 Å². The number of pyridine rings is 1. The van der Waals surface area contributed by atoms with Crippen LogP contribution >= 0.6 is 11.6 Å². The van der Waals surface area contributed by atoms with E-state index in [0.717, 1.165) is 50.8 Å². The summed E-state index contributed by atoms with van der Waals surface area (Å²) in [5, 5.41) is 0.0199. The van der Waals surface area contributed by atoms with Gasteiger partial charge in [0, 0.05) is 49.9 Å². The van der Waals surface area contributed by atoms with Crippen molar-refractivity contribution in [2.75, 3.05) is 55.6 Å². The third kappa shape index (κ3) is 6.27. The number of likely N-dealkylation sites (tertiary alicyclic amines) is 1. The quantitative estimate of drug-likeness (QED) is 0.330. The Labute approximate surface area is 230 Å². The molecule has 4 heterocycles. The molecule has 3 aromatic rings. The summed E-state index contributed by atoms with van der Waals surface area (Å²) >= 11 is 6.08. The molecule has 1 aromatic carbocycles. The van der Waals surface area contributed by atoms with Crippen molar-refractivity contribution < 1.29 is 17.6 Å². The van der Waals surface area contributed by atoms with Crippen molar-refractivity contribution in [3.63, 3.8) is 0 Å². The van der Waals surface area contributed by atoms with Crippen molar-refractivity contribution in [2.24, 2.45) is 0 Å². The number of aromatic nitrogens is 3. The normalized spacial score (nSPS) is 17.6. The highest BCUT2D eigenvalue weighted by atomic mass is 35.5. The standard InChI is InChI=1S/C28H31ClF4N6/c1-2-10-37-11-7-19(8-12-37)26-35-24(20-5-6-23(30)22(29)17-20)18-25(36-26)38-13-15-39(16-14-38)27-21(28(31,32)33)4-3-9-34-27/h3-6,9,17-19H,2,7-8,10-16H2,1H3. The molecule has 39 heavy (non-hydrogen) atoms. The lowest BCUT2D eigenvalue weighted by atomic mass is 9.95. The zero-order chi connectivity index (χ0) is 27.6. The average molecular weight is 563 g/mol. The molecular weight excluding hydrogens is 532 g/mol. The fourth-order valence-electron chi connectivity index (χ4n) is 5.35. The van der Waals surface area contributed by atoms with E-state index >= 15 is 0 Å². The molecule has 5 rings (SSSR count). The van der Waals surface area contributed by atoms with E-state index in [4.69, 9.17) is 21.6 Å². The van der Waals surface area contributed by atoms with Crippen LogP contribution in [0.5, 0.6) is 0 Å². The van der Waals surface area contributed by atoms with Crippen molar-refractivity contribution >= 4 is 23.2 Å². The lowest BCUT2D eigenvalue weighted by Gasteiger charge is -2.37. The molecule has 0 N–H and O–H groups in total. The Morgan fingerprint density at radius 1 is 0.949 bits per heavy atom. The molecule has 11 heteroatoms. The van der Waals surface area contributed by atoms with E-state index in [1.165, 1.54) is 18.3 Å². The van der Waals surface area contributed by atoms with Gasteiger partial charge in [-0.2, -0.15) is 13.2 Å². The van der Waals surface area contributed by atoms with Crippen LogP contribution in [0.1, 0.15) is 43.5 Å².